The molecule has 0 atom stereocenters. The molecule has 1 heterocycles. The summed E-state index contributed by atoms with van der Waals surface area (Å²) in [5.41, 5.74) is 6.66. The highest BCUT2D eigenvalue weighted by molar-refractivity contribution is 7.89. The van der Waals surface area contributed by atoms with Gasteiger partial charge in [-0.1, -0.05) is 6.92 Å². The van der Waals surface area contributed by atoms with Crippen LogP contribution < -0.4 is 16.2 Å². The predicted molar refractivity (Wildman–Crippen MR) is 75.4 cm³/mol. The van der Waals surface area contributed by atoms with E-state index in [0.717, 1.165) is 12.2 Å². The van der Waals surface area contributed by atoms with Gasteiger partial charge in [-0.3, -0.25) is 0 Å². The molecular formula is C12H16N4O3S. The van der Waals surface area contributed by atoms with Crippen molar-refractivity contribution in [1.82, 2.24) is 4.98 Å². The molecule has 0 amide bonds. The van der Waals surface area contributed by atoms with Gasteiger partial charge in [0.05, 0.1) is 29.0 Å². The molecule has 0 aliphatic heterocycles. The molecule has 0 spiro atoms. The van der Waals surface area contributed by atoms with Crippen LogP contribution in [0.4, 0.5) is 11.4 Å². The monoisotopic (exact) mass is 296 g/mol. The smallest absolute Gasteiger partial charge is 0.238 e. The van der Waals surface area contributed by atoms with E-state index in [2.05, 4.69) is 10.3 Å². The number of nitrogen functional groups attached to an aromatic ring is 1. The maximum atomic E-state index is 11.3. The molecule has 20 heavy (non-hydrogen) atoms. The molecule has 0 aliphatic rings. The summed E-state index contributed by atoms with van der Waals surface area (Å²) in [5, 5.41) is 8.06. The Hall–Kier alpha value is -2.06. The number of aromatic nitrogens is 1. The van der Waals surface area contributed by atoms with Crippen LogP contribution in [0.15, 0.2) is 33.7 Å². The van der Waals surface area contributed by atoms with Gasteiger partial charge in [0.1, 0.15) is 5.76 Å². The number of nitrogens with zero attached hydrogens (tertiary/aromatic N) is 1. The molecule has 0 saturated heterocycles. The third-order valence-electron chi connectivity index (χ3n) is 2.73. The zero-order valence-electron chi connectivity index (χ0n) is 11.0. The van der Waals surface area contributed by atoms with Gasteiger partial charge in [0.25, 0.3) is 0 Å². The SMILES string of the molecule is CCc1cnc(CNc2cc(S(N)(=O)=O)ccc2N)o1. The largest absolute Gasteiger partial charge is 0.444 e. The minimum absolute atomic E-state index is 0.00384. The normalized spacial score (nSPS) is 11.5. The Balaban J connectivity index is 2.16. The summed E-state index contributed by atoms with van der Waals surface area (Å²) in [6.07, 6.45) is 2.41. The molecule has 8 heteroatoms. The van der Waals surface area contributed by atoms with E-state index in [0.29, 0.717) is 23.8 Å². The average Bonchev–Trinajstić information content (AvgIpc) is 2.84. The van der Waals surface area contributed by atoms with Gasteiger partial charge in [0, 0.05) is 6.42 Å². The van der Waals surface area contributed by atoms with Crippen LogP contribution in [0, 0.1) is 0 Å². The highest BCUT2D eigenvalue weighted by Crippen LogP contribution is 2.22. The Morgan fingerprint density at radius 2 is 2.15 bits per heavy atom. The number of primary sulfonamides is 1. The van der Waals surface area contributed by atoms with Crippen LogP contribution in [0.1, 0.15) is 18.6 Å². The number of rotatable bonds is 5. The summed E-state index contributed by atoms with van der Waals surface area (Å²) in [7, 11) is -3.76. The van der Waals surface area contributed by atoms with Crippen molar-refractivity contribution in [2.45, 2.75) is 24.8 Å². The molecule has 5 N–H and O–H groups in total. The van der Waals surface area contributed by atoms with Crippen LogP contribution in [0.5, 0.6) is 0 Å². The highest BCUT2D eigenvalue weighted by atomic mass is 32.2. The van der Waals surface area contributed by atoms with Crippen molar-refractivity contribution in [3.05, 3.63) is 36.0 Å². The quantitative estimate of drug-likeness (QED) is 0.709. The van der Waals surface area contributed by atoms with Gasteiger partial charge < -0.3 is 15.5 Å². The number of oxazole rings is 1. The predicted octanol–water partition coefficient (Wildman–Crippen LogP) is 1.08. The molecule has 0 saturated carbocycles. The molecule has 2 aromatic rings. The van der Waals surface area contributed by atoms with E-state index < -0.39 is 10.0 Å². The summed E-state index contributed by atoms with van der Waals surface area (Å²) in [5.74, 6) is 1.29. The van der Waals surface area contributed by atoms with E-state index in [4.69, 9.17) is 15.3 Å². The number of aryl methyl sites for hydroxylation is 1. The third-order valence-corrected chi connectivity index (χ3v) is 3.64. The number of anilines is 2. The van der Waals surface area contributed by atoms with E-state index in [1.807, 2.05) is 6.92 Å². The lowest BCUT2D eigenvalue weighted by Gasteiger charge is -2.09. The van der Waals surface area contributed by atoms with Crippen molar-refractivity contribution < 1.29 is 12.8 Å². The van der Waals surface area contributed by atoms with Crippen LogP contribution in [0.2, 0.25) is 0 Å². The maximum absolute atomic E-state index is 11.3. The van der Waals surface area contributed by atoms with Crippen LogP contribution in [-0.2, 0) is 23.0 Å². The minimum atomic E-state index is -3.76. The van der Waals surface area contributed by atoms with Crippen molar-refractivity contribution >= 4 is 21.4 Å². The average molecular weight is 296 g/mol. The van der Waals surface area contributed by atoms with Crippen molar-refractivity contribution in [2.75, 3.05) is 11.1 Å². The molecule has 1 aromatic heterocycles. The van der Waals surface area contributed by atoms with Gasteiger partial charge in [-0.15, -0.1) is 0 Å². The Bertz CT molecular complexity index is 709. The third kappa shape index (κ3) is 3.28. The first-order chi connectivity index (χ1) is 9.40. The molecule has 0 fully saturated rings. The second-order valence-corrected chi connectivity index (χ2v) is 5.78. The number of sulfonamides is 1. The fourth-order valence-corrected chi connectivity index (χ4v) is 2.17. The van der Waals surface area contributed by atoms with Crippen LogP contribution >= 0.6 is 0 Å². The van der Waals surface area contributed by atoms with Gasteiger partial charge in [-0.05, 0) is 18.2 Å². The van der Waals surface area contributed by atoms with Gasteiger partial charge in [-0.2, -0.15) is 0 Å². The molecule has 0 aliphatic carbocycles. The van der Waals surface area contributed by atoms with Gasteiger partial charge in [0.2, 0.25) is 15.9 Å². The van der Waals surface area contributed by atoms with Gasteiger partial charge >= 0.3 is 0 Å². The molecule has 0 bridgehead atoms. The lowest BCUT2D eigenvalue weighted by molar-refractivity contribution is 0.466. The van der Waals surface area contributed by atoms with E-state index in [-0.39, 0.29) is 4.90 Å². The summed E-state index contributed by atoms with van der Waals surface area (Å²) >= 11 is 0. The van der Waals surface area contributed by atoms with Crippen LogP contribution in [-0.4, -0.2) is 13.4 Å². The summed E-state index contributed by atoms with van der Waals surface area (Å²) < 4.78 is 28.0. The zero-order valence-corrected chi connectivity index (χ0v) is 11.8. The Labute approximate surface area is 117 Å². The second-order valence-electron chi connectivity index (χ2n) is 4.22. The summed E-state index contributed by atoms with van der Waals surface area (Å²) in [6.45, 7) is 2.27. The molecule has 2 rings (SSSR count). The minimum Gasteiger partial charge on any atom is -0.444 e. The van der Waals surface area contributed by atoms with Crippen molar-refractivity contribution in [1.29, 1.82) is 0 Å². The molecular weight excluding hydrogens is 280 g/mol. The number of hydrogen-bond acceptors (Lipinski definition) is 6. The summed E-state index contributed by atoms with van der Waals surface area (Å²) in [4.78, 5) is 4.09. The van der Waals surface area contributed by atoms with E-state index in [1.165, 1.54) is 18.2 Å². The fraction of sp³-hybridized carbons (Fsp3) is 0.250. The lowest BCUT2D eigenvalue weighted by Crippen LogP contribution is -2.13. The fourth-order valence-electron chi connectivity index (χ4n) is 1.63. The zero-order chi connectivity index (χ0) is 14.8. The molecule has 0 radical (unpaired) electrons. The van der Waals surface area contributed by atoms with E-state index >= 15 is 0 Å². The van der Waals surface area contributed by atoms with E-state index in [9.17, 15) is 8.42 Å². The first kappa shape index (κ1) is 14.4. The first-order valence-corrected chi connectivity index (χ1v) is 7.54. The van der Waals surface area contributed by atoms with E-state index in [1.54, 1.807) is 6.20 Å². The Morgan fingerprint density at radius 1 is 1.40 bits per heavy atom. The second kappa shape index (κ2) is 5.51. The van der Waals surface area contributed by atoms with Crippen molar-refractivity contribution in [3.63, 3.8) is 0 Å². The summed E-state index contributed by atoms with van der Waals surface area (Å²) in [6, 6.07) is 4.22. The standard InChI is InChI=1S/C12H16N4O3S/c1-2-8-6-16-12(19-8)7-15-11-5-9(20(14,17)18)3-4-10(11)13/h3-6,15H,2,7,13H2,1H3,(H2,14,17,18). The van der Waals surface area contributed by atoms with Gasteiger partial charge in [0.15, 0.2) is 0 Å². The topological polar surface area (TPSA) is 124 Å². The number of benzene rings is 1. The maximum Gasteiger partial charge on any atom is 0.238 e. The highest BCUT2D eigenvalue weighted by Gasteiger charge is 2.11. The number of nitrogens with two attached hydrogens (primary N) is 2. The molecule has 7 nitrogen and oxygen atoms in total. The Morgan fingerprint density at radius 3 is 2.75 bits per heavy atom. The van der Waals surface area contributed by atoms with Crippen molar-refractivity contribution in [2.24, 2.45) is 5.14 Å². The Kier molecular flexibility index (Phi) is 3.96. The molecule has 108 valence electrons. The number of hydrogen-bond donors (Lipinski definition) is 3. The first-order valence-electron chi connectivity index (χ1n) is 6.00. The number of nitrogens with one attached hydrogen (secondary N) is 1. The van der Waals surface area contributed by atoms with Gasteiger partial charge in [-0.25, -0.2) is 18.5 Å². The molecule has 0 unspecified atom stereocenters. The van der Waals surface area contributed by atoms with Crippen LogP contribution in [0.25, 0.3) is 0 Å². The van der Waals surface area contributed by atoms with Crippen molar-refractivity contribution in [3.8, 4) is 0 Å². The molecule has 1 aromatic carbocycles. The van der Waals surface area contributed by atoms with Crippen LogP contribution in [0.3, 0.4) is 0 Å². The lowest BCUT2D eigenvalue weighted by atomic mass is 10.2.